The van der Waals surface area contributed by atoms with Crippen LogP contribution in [0.3, 0.4) is 0 Å². The average Bonchev–Trinajstić information content (AvgIpc) is 3.13. The fourth-order valence-corrected chi connectivity index (χ4v) is 8.66. The van der Waals surface area contributed by atoms with Crippen molar-refractivity contribution in [1.29, 1.82) is 0 Å². The molecule has 1 saturated heterocycles. The van der Waals surface area contributed by atoms with Gasteiger partial charge < -0.3 is 9.16 Å². The summed E-state index contributed by atoms with van der Waals surface area (Å²) in [5.74, 6) is 0.730. The second-order valence-corrected chi connectivity index (χ2v) is 13.5. The molecular weight excluding hydrogens is 402 g/mol. The normalized spacial score (nSPS) is 17.6. The largest absolute Gasteiger partial charge is 0.522 e. The van der Waals surface area contributed by atoms with Crippen LogP contribution in [-0.2, 0) is 9.16 Å². The molecule has 1 heterocycles. The zero-order valence-corrected chi connectivity index (χ0v) is 20.2. The van der Waals surface area contributed by atoms with Crippen molar-refractivity contribution in [3.8, 4) is 0 Å². The fourth-order valence-electron chi connectivity index (χ4n) is 4.25. The highest BCUT2D eigenvalue weighted by atomic mass is 28.4. The highest BCUT2D eigenvalue weighted by Crippen LogP contribution is 2.39. The maximum absolute atomic E-state index is 12.8. The quantitative estimate of drug-likeness (QED) is 0.346. The lowest BCUT2D eigenvalue weighted by atomic mass is 10.1. The molecule has 1 fully saturated rings. The van der Waals surface area contributed by atoms with Crippen molar-refractivity contribution < 1.29 is 14.0 Å². The summed E-state index contributed by atoms with van der Waals surface area (Å²) < 4.78 is 12.5. The molecule has 1 aliphatic heterocycles. The van der Waals surface area contributed by atoms with Crippen molar-refractivity contribution in [2.45, 2.75) is 45.7 Å². The lowest BCUT2D eigenvalue weighted by molar-refractivity contribution is 0.148. The van der Waals surface area contributed by atoms with E-state index in [0.717, 1.165) is 10.4 Å². The molecule has 0 unspecified atom stereocenters. The highest BCUT2D eigenvalue weighted by molar-refractivity contribution is 6.99. The minimum atomic E-state index is -2.88. The first-order valence-corrected chi connectivity index (χ1v) is 12.7. The van der Waals surface area contributed by atoms with Crippen LogP contribution in [0, 0.1) is 5.92 Å². The third kappa shape index (κ3) is 4.33. The number of hydrogen-bond acceptors (Lipinski definition) is 3. The van der Waals surface area contributed by atoms with Crippen LogP contribution in [0.5, 0.6) is 0 Å². The molecule has 1 amide bonds. The Hall–Kier alpha value is -2.79. The van der Waals surface area contributed by atoms with Crippen LogP contribution in [0.4, 0.5) is 4.79 Å². The SMILES string of the molecule is C=C/C=C(\O[Si](c1ccccc1)(c1ccccc1)C(C)(C)C)N1C(=O)OC[C@@H]1C(C)C. The van der Waals surface area contributed by atoms with E-state index < -0.39 is 8.32 Å². The van der Waals surface area contributed by atoms with Gasteiger partial charge in [0.1, 0.15) is 6.61 Å². The average molecular weight is 436 g/mol. The fraction of sp³-hybridized carbons (Fsp3) is 0.346. The number of carbonyl (C=O) groups excluding carboxylic acids is 1. The first-order valence-electron chi connectivity index (χ1n) is 10.8. The van der Waals surface area contributed by atoms with E-state index in [4.69, 9.17) is 9.16 Å². The van der Waals surface area contributed by atoms with Crippen molar-refractivity contribution in [1.82, 2.24) is 4.90 Å². The van der Waals surface area contributed by atoms with E-state index in [-0.39, 0.29) is 23.1 Å². The monoisotopic (exact) mass is 435 g/mol. The molecule has 0 aliphatic carbocycles. The molecule has 1 aliphatic rings. The minimum Gasteiger partial charge on any atom is -0.522 e. The van der Waals surface area contributed by atoms with Gasteiger partial charge in [-0.05, 0) is 27.4 Å². The van der Waals surface area contributed by atoms with Gasteiger partial charge >= 0.3 is 14.4 Å². The molecule has 2 aromatic rings. The summed E-state index contributed by atoms with van der Waals surface area (Å²) in [7, 11) is -2.88. The summed E-state index contributed by atoms with van der Waals surface area (Å²) in [5, 5.41) is 2.09. The van der Waals surface area contributed by atoms with Crippen molar-refractivity contribution in [3.05, 3.63) is 85.3 Å². The van der Waals surface area contributed by atoms with Gasteiger partial charge in [0.15, 0.2) is 5.88 Å². The summed E-state index contributed by atoms with van der Waals surface area (Å²) >= 11 is 0. The second kappa shape index (κ2) is 9.14. The zero-order valence-electron chi connectivity index (χ0n) is 19.2. The van der Waals surface area contributed by atoms with Crippen molar-refractivity contribution >= 4 is 24.8 Å². The van der Waals surface area contributed by atoms with Gasteiger partial charge in [-0.15, -0.1) is 0 Å². The molecule has 164 valence electrons. The highest BCUT2D eigenvalue weighted by Gasteiger charge is 2.54. The van der Waals surface area contributed by atoms with Crippen LogP contribution in [0.15, 0.2) is 85.3 Å². The molecule has 1 atom stereocenters. The maximum atomic E-state index is 12.8. The first kappa shape index (κ1) is 22.9. The second-order valence-electron chi connectivity index (χ2n) is 9.26. The molecular formula is C26H33NO3Si. The van der Waals surface area contributed by atoms with E-state index >= 15 is 0 Å². The first-order chi connectivity index (χ1) is 14.7. The Bertz CT molecular complexity index is 893. The van der Waals surface area contributed by atoms with Crippen molar-refractivity contribution in [3.63, 3.8) is 0 Å². The standard InChI is InChI=1S/C26H33NO3Si/c1-7-14-24(27-23(20(2)3)19-29-25(27)28)30-31(26(4,5)6,21-15-10-8-11-16-21)22-17-12-9-13-18-22/h7-18,20,23H,1,19H2,2-6H3/b24-14-/t23-/m1/s1. The van der Waals surface area contributed by atoms with Crippen LogP contribution >= 0.6 is 0 Å². The molecule has 0 bridgehead atoms. The van der Waals surface area contributed by atoms with Gasteiger partial charge in [-0.3, -0.25) is 0 Å². The number of rotatable bonds is 7. The van der Waals surface area contributed by atoms with Gasteiger partial charge in [0.25, 0.3) is 0 Å². The molecule has 0 spiro atoms. The summed E-state index contributed by atoms with van der Waals surface area (Å²) in [4.78, 5) is 14.5. The summed E-state index contributed by atoms with van der Waals surface area (Å²) in [6, 6.07) is 20.7. The molecule has 3 rings (SSSR count). The van der Waals surface area contributed by atoms with Crippen LogP contribution < -0.4 is 10.4 Å². The molecule has 0 radical (unpaired) electrons. The zero-order chi connectivity index (χ0) is 22.6. The third-order valence-corrected chi connectivity index (χ3v) is 10.8. The Kier molecular flexibility index (Phi) is 6.75. The summed E-state index contributed by atoms with van der Waals surface area (Å²) in [6.07, 6.45) is 3.10. The Morgan fingerprint density at radius 2 is 1.61 bits per heavy atom. The van der Waals surface area contributed by atoms with Gasteiger partial charge in [-0.1, -0.05) is 108 Å². The summed E-state index contributed by atoms with van der Waals surface area (Å²) in [5.41, 5.74) is 0. The Morgan fingerprint density at radius 1 is 1.10 bits per heavy atom. The van der Waals surface area contributed by atoms with Crippen LogP contribution in [-0.4, -0.2) is 32.0 Å². The molecule has 0 N–H and O–H groups in total. The predicted octanol–water partition coefficient (Wildman–Crippen LogP) is 5.07. The Labute approximate surface area is 187 Å². The topological polar surface area (TPSA) is 38.8 Å². The number of cyclic esters (lactones) is 1. The number of amides is 1. The Morgan fingerprint density at radius 3 is 2.03 bits per heavy atom. The van der Waals surface area contributed by atoms with Crippen LogP contribution in [0.25, 0.3) is 0 Å². The number of allylic oxidation sites excluding steroid dienone is 2. The van der Waals surface area contributed by atoms with Gasteiger partial charge in [-0.25, -0.2) is 9.69 Å². The van der Waals surface area contributed by atoms with Crippen LogP contribution in [0.1, 0.15) is 34.6 Å². The molecule has 4 nitrogen and oxygen atoms in total. The minimum absolute atomic E-state index is 0.0862. The lowest BCUT2D eigenvalue weighted by Gasteiger charge is -2.44. The lowest BCUT2D eigenvalue weighted by Crippen LogP contribution is -2.67. The number of nitrogens with zero attached hydrogens (tertiary/aromatic N) is 1. The molecule has 5 heteroatoms. The molecule has 0 saturated carbocycles. The van der Waals surface area contributed by atoms with Gasteiger partial charge in [0, 0.05) is 0 Å². The number of carbonyl (C=O) groups is 1. The van der Waals surface area contributed by atoms with E-state index in [1.54, 1.807) is 17.1 Å². The Balaban J connectivity index is 2.23. The van der Waals surface area contributed by atoms with Crippen molar-refractivity contribution in [2.75, 3.05) is 6.61 Å². The maximum Gasteiger partial charge on any atom is 0.417 e. The van der Waals surface area contributed by atoms with E-state index in [1.807, 2.05) is 36.4 Å². The summed E-state index contributed by atoms with van der Waals surface area (Å²) in [6.45, 7) is 15.1. The van der Waals surface area contributed by atoms with Gasteiger partial charge in [0.2, 0.25) is 0 Å². The van der Waals surface area contributed by atoms with E-state index in [0.29, 0.717) is 12.5 Å². The van der Waals surface area contributed by atoms with E-state index in [9.17, 15) is 4.79 Å². The molecule has 2 aromatic carbocycles. The van der Waals surface area contributed by atoms with Crippen LogP contribution in [0.2, 0.25) is 5.04 Å². The van der Waals surface area contributed by atoms with Crippen molar-refractivity contribution in [2.24, 2.45) is 5.92 Å². The predicted molar refractivity (Wildman–Crippen MR) is 129 cm³/mol. The molecule has 0 aromatic heterocycles. The van der Waals surface area contributed by atoms with Gasteiger partial charge in [-0.2, -0.15) is 0 Å². The smallest absolute Gasteiger partial charge is 0.417 e. The number of hydrogen-bond donors (Lipinski definition) is 0. The van der Waals surface area contributed by atoms with E-state index in [1.165, 1.54) is 0 Å². The number of ether oxygens (including phenoxy) is 1. The third-order valence-electron chi connectivity index (χ3n) is 5.85. The number of benzene rings is 2. The molecule has 31 heavy (non-hydrogen) atoms. The van der Waals surface area contributed by atoms with Gasteiger partial charge in [0.05, 0.1) is 6.04 Å². The van der Waals surface area contributed by atoms with E-state index in [2.05, 4.69) is 65.5 Å².